The quantitative estimate of drug-likeness (QED) is 0.563. The molecule has 0 fully saturated rings. The molecule has 0 heterocycles. The number of amides is 1. The summed E-state index contributed by atoms with van der Waals surface area (Å²) in [5.74, 6) is 0.225. The molecule has 0 unspecified atom stereocenters. The van der Waals surface area contributed by atoms with Crippen LogP contribution in [0.5, 0.6) is 5.75 Å². The lowest BCUT2D eigenvalue weighted by molar-refractivity contribution is 0.0952. The zero-order valence-corrected chi connectivity index (χ0v) is 14.3. The lowest BCUT2D eigenvalue weighted by Crippen LogP contribution is -2.18. The van der Waals surface area contributed by atoms with Crippen molar-refractivity contribution >= 4 is 22.9 Å². The number of nitrogens with one attached hydrogen (secondary N) is 1. The Balaban J connectivity index is 1.78. The third-order valence-electron chi connectivity index (χ3n) is 4.08. The third kappa shape index (κ3) is 3.86. The van der Waals surface area contributed by atoms with Crippen LogP contribution in [-0.4, -0.2) is 19.2 Å². The average molecular weight is 332 g/mol. The van der Waals surface area contributed by atoms with E-state index in [2.05, 4.69) is 29.6 Å². The molecule has 4 heteroatoms. The van der Waals surface area contributed by atoms with Crippen molar-refractivity contribution in [3.05, 3.63) is 77.4 Å². The average Bonchev–Trinajstić information content (AvgIpc) is 2.67. The molecule has 1 N–H and O–H groups in total. The van der Waals surface area contributed by atoms with Crippen molar-refractivity contribution in [3.8, 4) is 5.75 Å². The van der Waals surface area contributed by atoms with E-state index in [-0.39, 0.29) is 5.91 Å². The second kappa shape index (κ2) is 7.62. The maximum absolute atomic E-state index is 12.5. The highest BCUT2D eigenvalue weighted by atomic mass is 16.5. The molecule has 3 aromatic rings. The predicted molar refractivity (Wildman–Crippen MR) is 101 cm³/mol. The fourth-order valence-corrected chi connectivity index (χ4v) is 2.63. The van der Waals surface area contributed by atoms with Crippen LogP contribution in [0, 0.1) is 0 Å². The van der Waals surface area contributed by atoms with E-state index in [1.807, 2.05) is 48.5 Å². The standard InChI is InChI=1S/C21H20N2O2/c1-3-15-8-10-16(11-9-15)14-22-23-21(24)19-12-17-6-4-5-7-18(17)13-20(19)25-2/h4-14H,3H2,1-2H3,(H,23,24). The molecule has 4 nitrogen and oxygen atoms in total. The van der Waals surface area contributed by atoms with Gasteiger partial charge in [-0.25, -0.2) is 5.43 Å². The molecule has 0 saturated carbocycles. The van der Waals surface area contributed by atoms with E-state index in [9.17, 15) is 4.79 Å². The van der Waals surface area contributed by atoms with Crippen LogP contribution in [0.25, 0.3) is 10.8 Å². The van der Waals surface area contributed by atoms with Gasteiger partial charge in [0.05, 0.1) is 18.9 Å². The van der Waals surface area contributed by atoms with Crippen molar-refractivity contribution in [2.75, 3.05) is 7.11 Å². The van der Waals surface area contributed by atoms with Gasteiger partial charge in [-0.15, -0.1) is 0 Å². The first-order valence-electron chi connectivity index (χ1n) is 8.20. The summed E-state index contributed by atoms with van der Waals surface area (Å²) in [7, 11) is 1.55. The van der Waals surface area contributed by atoms with Gasteiger partial charge in [0.15, 0.2) is 0 Å². The summed E-state index contributed by atoms with van der Waals surface area (Å²) in [4.78, 5) is 12.5. The van der Waals surface area contributed by atoms with Gasteiger partial charge in [0.2, 0.25) is 0 Å². The van der Waals surface area contributed by atoms with Crippen LogP contribution in [0.1, 0.15) is 28.4 Å². The molecule has 0 bridgehead atoms. The van der Waals surface area contributed by atoms with E-state index in [1.54, 1.807) is 13.3 Å². The van der Waals surface area contributed by atoms with E-state index in [0.29, 0.717) is 11.3 Å². The van der Waals surface area contributed by atoms with E-state index in [0.717, 1.165) is 22.8 Å². The van der Waals surface area contributed by atoms with Crippen molar-refractivity contribution in [1.29, 1.82) is 0 Å². The molecule has 0 spiro atoms. The van der Waals surface area contributed by atoms with Crippen molar-refractivity contribution in [2.45, 2.75) is 13.3 Å². The highest BCUT2D eigenvalue weighted by Gasteiger charge is 2.13. The lowest BCUT2D eigenvalue weighted by atomic mass is 10.1. The Morgan fingerprint density at radius 1 is 1.08 bits per heavy atom. The number of nitrogens with zero attached hydrogens (tertiary/aromatic N) is 1. The van der Waals surface area contributed by atoms with Crippen LogP contribution in [0.15, 0.2) is 65.8 Å². The van der Waals surface area contributed by atoms with Gasteiger partial charge in [-0.05, 0) is 40.5 Å². The van der Waals surface area contributed by atoms with Crippen molar-refractivity contribution < 1.29 is 9.53 Å². The highest BCUT2D eigenvalue weighted by molar-refractivity contribution is 6.01. The van der Waals surface area contributed by atoms with Crippen LogP contribution in [0.4, 0.5) is 0 Å². The summed E-state index contributed by atoms with van der Waals surface area (Å²) < 4.78 is 5.35. The number of carbonyl (C=O) groups excluding carboxylic acids is 1. The zero-order valence-electron chi connectivity index (χ0n) is 14.3. The van der Waals surface area contributed by atoms with Gasteiger partial charge >= 0.3 is 0 Å². The number of benzene rings is 3. The molecule has 3 rings (SSSR count). The second-order valence-electron chi connectivity index (χ2n) is 5.69. The minimum atomic E-state index is -0.302. The minimum absolute atomic E-state index is 0.302. The van der Waals surface area contributed by atoms with Crippen molar-refractivity contribution in [1.82, 2.24) is 5.43 Å². The van der Waals surface area contributed by atoms with Crippen LogP contribution >= 0.6 is 0 Å². The number of hydrogen-bond donors (Lipinski definition) is 1. The molecule has 1 amide bonds. The van der Waals surface area contributed by atoms with Gasteiger partial charge in [-0.1, -0.05) is 55.5 Å². The maximum atomic E-state index is 12.5. The first-order chi connectivity index (χ1) is 12.2. The molecule has 3 aromatic carbocycles. The van der Waals surface area contributed by atoms with Crippen LogP contribution in [0.3, 0.4) is 0 Å². The van der Waals surface area contributed by atoms with E-state index >= 15 is 0 Å². The number of ether oxygens (including phenoxy) is 1. The largest absolute Gasteiger partial charge is 0.496 e. The van der Waals surface area contributed by atoms with Gasteiger partial charge in [0, 0.05) is 0 Å². The van der Waals surface area contributed by atoms with E-state index in [4.69, 9.17) is 4.74 Å². The summed E-state index contributed by atoms with van der Waals surface area (Å²) in [5, 5.41) is 6.05. The maximum Gasteiger partial charge on any atom is 0.275 e. The molecule has 0 aliphatic heterocycles. The topological polar surface area (TPSA) is 50.7 Å². The molecular formula is C21H20N2O2. The Bertz CT molecular complexity index is 915. The number of hydrogen-bond acceptors (Lipinski definition) is 3. The Hall–Kier alpha value is -3.14. The fraction of sp³-hybridized carbons (Fsp3) is 0.143. The summed E-state index contributed by atoms with van der Waals surface area (Å²) in [5.41, 5.74) is 5.22. The number of carbonyl (C=O) groups is 1. The zero-order chi connectivity index (χ0) is 17.6. The Morgan fingerprint density at radius 3 is 2.40 bits per heavy atom. The lowest BCUT2D eigenvalue weighted by Gasteiger charge is -2.09. The predicted octanol–water partition coefficient (Wildman–Crippen LogP) is 4.17. The third-order valence-corrected chi connectivity index (χ3v) is 4.08. The van der Waals surface area contributed by atoms with Gasteiger partial charge in [0.1, 0.15) is 5.75 Å². The van der Waals surface area contributed by atoms with Crippen molar-refractivity contribution in [2.24, 2.45) is 5.10 Å². The van der Waals surface area contributed by atoms with E-state index in [1.165, 1.54) is 5.56 Å². The minimum Gasteiger partial charge on any atom is -0.496 e. The first kappa shape index (κ1) is 16.7. The van der Waals surface area contributed by atoms with Crippen LogP contribution in [0.2, 0.25) is 0 Å². The van der Waals surface area contributed by atoms with Crippen LogP contribution in [-0.2, 0) is 6.42 Å². The van der Waals surface area contributed by atoms with Gasteiger partial charge in [-0.2, -0.15) is 5.10 Å². The molecule has 0 aliphatic rings. The number of methoxy groups -OCH3 is 1. The SMILES string of the molecule is CCc1ccc(C=NNC(=O)c2cc3ccccc3cc2OC)cc1. The van der Waals surface area contributed by atoms with E-state index < -0.39 is 0 Å². The highest BCUT2D eigenvalue weighted by Crippen LogP contribution is 2.25. The normalized spacial score (nSPS) is 11.0. The van der Waals surface area contributed by atoms with Gasteiger partial charge in [0.25, 0.3) is 5.91 Å². The number of rotatable bonds is 5. The second-order valence-corrected chi connectivity index (χ2v) is 5.69. The van der Waals surface area contributed by atoms with Gasteiger partial charge < -0.3 is 4.74 Å². The Labute approximate surface area is 147 Å². The summed E-state index contributed by atoms with van der Waals surface area (Å²) in [6.07, 6.45) is 2.63. The Morgan fingerprint density at radius 2 is 1.76 bits per heavy atom. The molecular weight excluding hydrogens is 312 g/mol. The Kier molecular flexibility index (Phi) is 5.09. The number of fused-ring (bicyclic) bond motifs is 1. The monoisotopic (exact) mass is 332 g/mol. The molecule has 0 aliphatic carbocycles. The fourth-order valence-electron chi connectivity index (χ4n) is 2.63. The molecule has 126 valence electrons. The number of aryl methyl sites for hydroxylation is 1. The molecule has 25 heavy (non-hydrogen) atoms. The summed E-state index contributed by atoms with van der Waals surface area (Å²) in [6, 6.07) is 19.6. The smallest absolute Gasteiger partial charge is 0.275 e. The first-order valence-corrected chi connectivity index (χ1v) is 8.20. The molecule has 0 atom stereocenters. The summed E-state index contributed by atoms with van der Waals surface area (Å²) in [6.45, 7) is 2.11. The van der Waals surface area contributed by atoms with Crippen LogP contribution < -0.4 is 10.2 Å². The van der Waals surface area contributed by atoms with Crippen molar-refractivity contribution in [3.63, 3.8) is 0 Å². The summed E-state index contributed by atoms with van der Waals surface area (Å²) >= 11 is 0. The number of hydrazone groups is 1. The van der Waals surface area contributed by atoms with Gasteiger partial charge in [-0.3, -0.25) is 4.79 Å². The molecule has 0 saturated heterocycles. The molecule has 0 radical (unpaired) electrons. The molecule has 0 aromatic heterocycles.